The minimum atomic E-state index is -0.878. The summed E-state index contributed by atoms with van der Waals surface area (Å²) in [5.41, 5.74) is 2.68. The lowest BCUT2D eigenvalue weighted by atomic mass is 9.64. The van der Waals surface area contributed by atoms with E-state index < -0.39 is 5.60 Å². The average Bonchev–Trinajstić information content (AvgIpc) is 2.78. The molecule has 0 saturated heterocycles. The third-order valence-corrected chi connectivity index (χ3v) is 7.35. The minimum absolute atomic E-state index is 0.284. The van der Waals surface area contributed by atoms with Gasteiger partial charge in [0.25, 0.3) is 0 Å². The predicted molar refractivity (Wildman–Crippen MR) is 109 cm³/mol. The highest BCUT2D eigenvalue weighted by molar-refractivity contribution is 7.98. The van der Waals surface area contributed by atoms with Crippen molar-refractivity contribution in [2.24, 2.45) is 11.8 Å². The molecule has 0 bridgehead atoms. The van der Waals surface area contributed by atoms with Crippen molar-refractivity contribution >= 4 is 11.8 Å². The number of nitrogens with one attached hydrogen (secondary N) is 1. The van der Waals surface area contributed by atoms with Crippen molar-refractivity contribution in [2.75, 3.05) is 20.6 Å². The van der Waals surface area contributed by atoms with Gasteiger partial charge in [0, 0.05) is 28.0 Å². The molecule has 2 N–H and O–H groups in total. The van der Waals surface area contributed by atoms with E-state index in [1.807, 2.05) is 11.8 Å². The van der Waals surface area contributed by atoms with E-state index >= 15 is 0 Å². The van der Waals surface area contributed by atoms with Gasteiger partial charge in [0.1, 0.15) is 5.60 Å². The molecule has 0 unspecified atom stereocenters. The van der Waals surface area contributed by atoms with Gasteiger partial charge in [-0.1, -0.05) is 55.3 Å². The summed E-state index contributed by atoms with van der Waals surface area (Å²) in [5.74, 6) is 1.78. The highest BCUT2D eigenvalue weighted by Crippen LogP contribution is 2.51. The highest BCUT2D eigenvalue weighted by atomic mass is 32.2. The zero-order valence-corrected chi connectivity index (χ0v) is 16.7. The first-order valence-corrected chi connectivity index (χ1v) is 10.9. The largest absolute Gasteiger partial charge is 0.380 e. The Hall–Kier alpha value is -1.29. The summed E-state index contributed by atoms with van der Waals surface area (Å²) < 4.78 is 0. The molecule has 1 aliphatic heterocycles. The third kappa shape index (κ3) is 3.11. The van der Waals surface area contributed by atoms with Crippen molar-refractivity contribution in [1.82, 2.24) is 0 Å². The quantitative estimate of drug-likeness (QED) is 0.867. The maximum Gasteiger partial charge on any atom is 0.119 e. The summed E-state index contributed by atoms with van der Waals surface area (Å²) in [5, 5.41) is 12.4. The van der Waals surface area contributed by atoms with Crippen LogP contribution in [0.2, 0.25) is 0 Å². The van der Waals surface area contributed by atoms with Crippen LogP contribution in [0.25, 0.3) is 0 Å². The molecule has 3 atom stereocenters. The molecule has 2 nitrogen and oxygen atoms in total. The van der Waals surface area contributed by atoms with Crippen molar-refractivity contribution in [3.63, 3.8) is 0 Å². The molecular weight excluding hydrogens is 338 g/mol. The Labute approximate surface area is 161 Å². The first kappa shape index (κ1) is 18.1. The van der Waals surface area contributed by atoms with Crippen LogP contribution < -0.4 is 4.90 Å². The molecule has 0 amide bonds. The van der Waals surface area contributed by atoms with E-state index in [1.165, 1.54) is 34.6 Å². The van der Waals surface area contributed by atoms with Gasteiger partial charge in [0.15, 0.2) is 0 Å². The lowest BCUT2D eigenvalue weighted by Gasteiger charge is -2.44. The zero-order chi connectivity index (χ0) is 18.1. The zero-order valence-electron chi connectivity index (χ0n) is 15.9. The number of quaternary nitrogens is 1. The van der Waals surface area contributed by atoms with E-state index in [2.05, 4.69) is 62.6 Å². The number of benzene rings is 2. The average molecular weight is 369 g/mol. The Morgan fingerprint density at radius 3 is 2.50 bits per heavy atom. The molecule has 2 aromatic carbocycles. The number of aliphatic hydroxyl groups is 1. The summed E-state index contributed by atoms with van der Waals surface area (Å²) in [6.45, 7) is 1.13. The fraction of sp³-hybridized carbons (Fsp3) is 0.478. The molecule has 1 fully saturated rings. The van der Waals surface area contributed by atoms with Gasteiger partial charge in [-0.05, 0) is 30.0 Å². The number of hydrogen-bond donors (Lipinski definition) is 2. The Morgan fingerprint density at radius 2 is 1.69 bits per heavy atom. The second kappa shape index (κ2) is 7.38. The van der Waals surface area contributed by atoms with E-state index in [0.717, 1.165) is 29.8 Å². The van der Waals surface area contributed by atoms with E-state index in [-0.39, 0.29) is 5.92 Å². The van der Waals surface area contributed by atoms with Crippen molar-refractivity contribution in [3.8, 4) is 0 Å². The molecule has 0 radical (unpaired) electrons. The van der Waals surface area contributed by atoms with Crippen LogP contribution in [0.4, 0.5) is 0 Å². The second-order valence-corrected chi connectivity index (χ2v) is 9.29. The first-order valence-electron chi connectivity index (χ1n) is 9.92. The Balaban J connectivity index is 1.89. The topological polar surface area (TPSA) is 24.7 Å². The molecule has 4 rings (SSSR count). The van der Waals surface area contributed by atoms with Crippen molar-refractivity contribution in [3.05, 3.63) is 65.2 Å². The molecule has 138 valence electrons. The molecule has 0 aromatic heterocycles. The van der Waals surface area contributed by atoms with Crippen molar-refractivity contribution in [1.29, 1.82) is 0 Å². The van der Waals surface area contributed by atoms with Crippen LogP contribution in [0.3, 0.4) is 0 Å². The normalized spacial score (nSPS) is 28.3. The molecule has 2 aliphatic rings. The van der Waals surface area contributed by atoms with Crippen LogP contribution in [0.15, 0.2) is 53.4 Å². The van der Waals surface area contributed by atoms with Gasteiger partial charge in [-0.15, -0.1) is 11.8 Å². The number of rotatable bonds is 3. The van der Waals surface area contributed by atoms with Gasteiger partial charge in [-0.3, -0.25) is 0 Å². The van der Waals surface area contributed by atoms with Gasteiger partial charge >= 0.3 is 0 Å². The van der Waals surface area contributed by atoms with Gasteiger partial charge in [0.05, 0.1) is 20.6 Å². The standard InChI is InChI=1S/C23H29NOS/c1-24(2)15-17-9-3-5-11-19(17)23(25)20-12-6-4-10-18(20)16-26-22-14-8-7-13-21(22)23/h4,6-8,10,12-14,17,19,25H,3,5,9,11,15-16H2,1-2H3/p+1/t17-,19-,23-/m0/s1. The van der Waals surface area contributed by atoms with Crippen LogP contribution in [-0.4, -0.2) is 25.7 Å². The fourth-order valence-corrected chi connectivity index (χ4v) is 6.27. The number of hydrogen-bond acceptors (Lipinski definition) is 2. The van der Waals surface area contributed by atoms with Crippen molar-refractivity contribution in [2.45, 2.75) is 41.9 Å². The Bertz CT molecular complexity index is 725. The lowest BCUT2D eigenvalue weighted by molar-refractivity contribution is -0.863. The molecular formula is C23H30NOS+. The molecule has 1 aliphatic carbocycles. The van der Waals surface area contributed by atoms with Crippen LogP contribution in [0, 0.1) is 11.8 Å². The van der Waals surface area contributed by atoms with Gasteiger partial charge < -0.3 is 10.0 Å². The predicted octanol–water partition coefficient (Wildman–Crippen LogP) is 3.48. The van der Waals surface area contributed by atoms with Crippen LogP contribution in [-0.2, 0) is 11.4 Å². The molecule has 1 heterocycles. The molecule has 1 saturated carbocycles. The number of fused-ring (bicyclic) bond motifs is 2. The molecule has 3 heteroatoms. The summed E-state index contributed by atoms with van der Waals surface area (Å²) >= 11 is 1.87. The van der Waals surface area contributed by atoms with Gasteiger partial charge in [-0.25, -0.2) is 0 Å². The molecule has 2 aromatic rings. The third-order valence-electron chi connectivity index (χ3n) is 6.22. The summed E-state index contributed by atoms with van der Waals surface area (Å²) in [4.78, 5) is 2.72. The highest BCUT2D eigenvalue weighted by Gasteiger charge is 2.48. The number of thioether (sulfide) groups is 1. The van der Waals surface area contributed by atoms with E-state index in [4.69, 9.17) is 0 Å². The maximum absolute atomic E-state index is 12.4. The second-order valence-electron chi connectivity index (χ2n) is 8.27. The Kier molecular flexibility index (Phi) is 5.13. The smallest absolute Gasteiger partial charge is 0.119 e. The van der Waals surface area contributed by atoms with E-state index in [0.29, 0.717) is 5.92 Å². The minimum Gasteiger partial charge on any atom is -0.380 e. The summed E-state index contributed by atoms with van der Waals surface area (Å²) in [6, 6.07) is 17.1. The first-order chi connectivity index (χ1) is 12.6. The van der Waals surface area contributed by atoms with E-state index in [9.17, 15) is 5.11 Å². The van der Waals surface area contributed by atoms with Crippen LogP contribution >= 0.6 is 11.8 Å². The molecule has 26 heavy (non-hydrogen) atoms. The van der Waals surface area contributed by atoms with Gasteiger partial charge in [0.2, 0.25) is 0 Å². The summed E-state index contributed by atoms with van der Waals surface area (Å²) in [6.07, 6.45) is 4.86. The lowest BCUT2D eigenvalue weighted by Crippen LogP contribution is -3.06. The summed E-state index contributed by atoms with van der Waals surface area (Å²) in [7, 11) is 4.47. The SMILES string of the molecule is C[NH+](C)C[C@@H]1CCCC[C@@H]1[C@]1(O)c2ccccc2CSc2ccccc21. The van der Waals surface area contributed by atoms with Crippen molar-refractivity contribution < 1.29 is 10.0 Å². The monoisotopic (exact) mass is 368 g/mol. The van der Waals surface area contributed by atoms with Crippen LogP contribution in [0.5, 0.6) is 0 Å². The van der Waals surface area contributed by atoms with Crippen LogP contribution in [0.1, 0.15) is 42.4 Å². The Morgan fingerprint density at radius 1 is 1.00 bits per heavy atom. The van der Waals surface area contributed by atoms with E-state index in [1.54, 1.807) is 0 Å². The maximum atomic E-state index is 12.4. The fourth-order valence-electron chi connectivity index (χ4n) is 5.15. The van der Waals surface area contributed by atoms with Gasteiger partial charge in [-0.2, -0.15) is 0 Å². The molecule has 0 spiro atoms.